The van der Waals surface area contributed by atoms with Crippen molar-refractivity contribution >= 4 is 21.8 Å². The molecule has 2 aromatic heterocycles. The summed E-state index contributed by atoms with van der Waals surface area (Å²) in [7, 11) is -3.70. The topological polar surface area (TPSA) is 98.2 Å². The van der Waals surface area contributed by atoms with Gasteiger partial charge in [-0.3, -0.25) is 4.72 Å². The number of sulfonamides is 1. The Balaban J connectivity index is 1.51. The Morgan fingerprint density at radius 3 is 2.60 bits per heavy atom. The van der Waals surface area contributed by atoms with Gasteiger partial charge in [-0.25, -0.2) is 8.42 Å². The Labute approximate surface area is 174 Å². The number of hydrogen-bond donors (Lipinski definition) is 1. The maximum atomic E-state index is 12.5. The van der Waals surface area contributed by atoms with Crippen molar-refractivity contribution in [2.45, 2.75) is 13.3 Å². The van der Waals surface area contributed by atoms with Gasteiger partial charge in [-0.05, 0) is 42.3 Å². The second kappa shape index (κ2) is 8.38. The number of aromatic nitrogens is 2. The van der Waals surface area contributed by atoms with E-state index in [1.165, 1.54) is 6.26 Å². The van der Waals surface area contributed by atoms with E-state index in [2.05, 4.69) is 14.9 Å². The molecule has 1 N–H and O–H groups in total. The fourth-order valence-electron chi connectivity index (χ4n) is 2.80. The number of hydrogen-bond acceptors (Lipinski definition) is 6. The first-order valence-corrected chi connectivity index (χ1v) is 10.7. The molecule has 0 unspecified atom stereocenters. The fraction of sp³-hybridized carbons (Fsp3) is 0.0909. The Hall–Kier alpha value is -3.65. The van der Waals surface area contributed by atoms with E-state index in [0.717, 1.165) is 16.5 Å². The smallest absolute Gasteiger partial charge is 0.255 e. The molecule has 0 aliphatic carbocycles. The van der Waals surface area contributed by atoms with Gasteiger partial charge in [0.2, 0.25) is 11.7 Å². The molecule has 30 heavy (non-hydrogen) atoms. The quantitative estimate of drug-likeness (QED) is 0.467. The van der Waals surface area contributed by atoms with Crippen LogP contribution in [0.3, 0.4) is 0 Å². The van der Waals surface area contributed by atoms with Gasteiger partial charge in [0, 0.05) is 0 Å². The van der Waals surface area contributed by atoms with Crippen molar-refractivity contribution in [1.82, 2.24) is 10.1 Å². The molecule has 8 heteroatoms. The highest BCUT2D eigenvalue weighted by atomic mass is 32.2. The average molecular weight is 421 g/mol. The molecule has 0 atom stereocenters. The van der Waals surface area contributed by atoms with Gasteiger partial charge >= 0.3 is 0 Å². The minimum Gasteiger partial charge on any atom is -0.461 e. The van der Waals surface area contributed by atoms with Crippen molar-refractivity contribution in [3.05, 3.63) is 94.9 Å². The zero-order valence-corrected chi connectivity index (χ0v) is 17.0. The van der Waals surface area contributed by atoms with E-state index in [1.54, 1.807) is 36.4 Å². The van der Waals surface area contributed by atoms with E-state index < -0.39 is 10.0 Å². The predicted molar refractivity (Wildman–Crippen MR) is 114 cm³/mol. The minimum absolute atomic E-state index is 0.272. The average Bonchev–Trinajstić information content (AvgIpc) is 3.41. The SMILES string of the molecule is Cc1ccc(/C=C/S(=O)(=O)Nc2ccccc2Cc2nc(-c3ccco3)no2)cc1. The lowest BCUT2D eigenvalue weighted by molar-refractivity contribution is 0.384. The number of furan rings is 1. The van der Waals surface area contributed by atoms with Crippen molar-refractivity contribution < 1.29 is 17.4 Å². The Morgan fingerprint density at radius 2 is 1.83 bits per heavy atom. The number of anilines is 1. The van der Waals surface area contributed by atoms with Gasteiger partial charge in [-0.1, -0.05) is 53.2 Å². The second-order valence-corrected chi connectivity index (χ2v) is 8.25. The summed E-state index contributed by atoms with van der Waals surface area (Å²) >= 11 is 0. The fourth-order valence-corrected chi connectivity index (χ4v) is 3.71. The molecule has 0 saturated heterocycles. The van der Waals surface area contributed by atoms with E-state index in [4.69, 9.17) is 8.94 Å². The molecule has 0 fully saturated rings. The molecule has 0 bridgehead atoms. The van der Waals surface area contributed by atoms with Crippen LogP contribution in [0.5, 0.6) is 0 Å². The number of rotatable bonds is 7. The van der Waals surface area contributed by atoms with Gasteiger partial charge in [-0.2, -0.15) is 4.98 Å². The number of nitrogens with zero attached hydrogens (tertiary/aromatic N) is 2. The summed E-state index contributed by atoms with van der Waals surface area (Å²) in [6, 6.07) is 18.1. The summed E-state index contributed by atoms with van der Waals surface area (Å²) in [6.45, 7) is 1.98. The first kappa shape index (κ1) is 19.7. The zero-order valence-electron chi connectivity index (χ0n) is 16.1. The lowest BCUT2D eigenvalue weighted by atomic mass is 10.1. The number of nitrogens with one attached hydrogen (secondary N) is 1. The largest absolute Gasteiger partial charge is 0.461 e. The maximum Gasteiger partial charge on any atom is 0.255 e. The summed E-state index contributed by atoms with van der Waals surface area (Å²) in [5.41, 5.74) is 3.07. The summed E-state index contributed by atoms with van der Waals surface area (Å²) in [5.74, 6) is 1.19. The second-order valence-electron chi connectivity index (χ2n) is 6.68. The molecular weight excluding hydrogens is 402 g/mol. The number of para-hydroxylation sites is 1. The van der Waals surface area contributed by atoms with Crippen LogP contribution in [0.15, 0.2) is 81.3 Å². The van der Waals surface area contributed by atoms with Crippen LogP contribution in [0.4, 0.5) is 5.69 Å². The Bertz CT molecular complexity index is 1260. The van der Waals surface area contributed by atoms with Crippen LogP contribution in [0.2, 0.25) is 0 Å². The highest BCUT2D eigenvalue weighted by Gasteiger charge is 2.15. The highest BCUT2D eigenvalue weighted by Crippen LogP contribution is 2.22. The summed E-state index contributed by atoms with van der Waals surface area (Å²) < 4.78 is 38.2. The van der Waals surface area contributed by atoms with Crippen LogP contribution >= 0.6 is 0 Å². The highest BCUT2D eigenvalue weighted by molar-refractivity contribution is 7.95. The lowest BCUT2D eigenvalue weighted by Gasteiger charge is -2.09. The standard InChI is InChI=1S/C22H19N3O4S/c1-16-8-10-17(11-9-16)12-14-30(26,27)25-19-6-3-2-5-18(19)15-21-23-22(24-29-21)20-7-4-13-28-20/h2-14,25H,15H2,1H3/b14-12+. The van der Waals surface area contributed by atoms with Crippen LogP contribution in [-0.2, 0) is 16.4 Å². The molecule has 2 heterocycles. The normalized spacial score (nSPS) is 11.8. The van der Waals surface area contributed by atoms with Crippen molar-refractivity contribution in [3.63, 3.8) is 0 Å². The van der Waals surface area contributed by atoms with Gasteiger partial charge in [0.15, 0.2) is 5.76 Å². The first-order chi connectivity index (χ1) is 14.5. The third kappa shape index (κ3) is 4.84. The van der Waals surface area contributed by atoms with Crippen LogP contribution in [0, 0.1) is 6.92 Å². The number of aryl methyl sites for hydroxylation is 1. The zero-order chi connectivity index (χ0) is 21.0. The van der Waals surface area contributed by atoms with E-state index in [9.17, 15) is 8.42 Å². The number of benzene rings is 2. The van der Waals surface area contributed by atoms with Crippen LogP contribution in [0.1, 0.15) is 22.6 Å². The monoisotopic (exact) mass is 421 g/mol. The molecule has 7 nitrogen and oxygen atoms in total. The molecule has 2 aromatic carbocycles. The van der Waals surface area contributed by atoms with Gasteiger partial charge in [0.05, 0.1) is 23.8 Å². The third-order valence-corrected chi connectivity index (χ3v) is 5.34. The van der Waals surface area contributed by atoms with Gasteiger partial charge in [-0.15, -0.1) is 0 Å². The van der Waals surface area contributed by atoms with Gasteiger partial charge in [0.25, 0.3) is 10.0 Å². The molecule has 4 rings (SSSR count). The van der Waals surface area contributed by atoms with Gasteiger partial charge < -0.3 is 8.94 Å². The van der Waals surface area contributed by atoms with Crippen LogP contribution in [0.25, 0.3) is 17.7 Å². The van der Waals surface area contributed by atoms with E-state index in [1.807, 2.05) is 37.3 Å². The summed E-state index contributed by atoms with van der Waals surface area (Å²) in [4.78, 5) is 4.31. The van der Waals surface area contributed by atoms with Crippen molar-refractivity contribution in [2.75, 3.05) is 4.72 Å². The van der Waals surface area contributed by atoms with E-state index in [0.29, 0.717) is 28.7 Å². The van der Waals surface area contributed by atoms with E-state index in [-0.39, 0.29) is 6.42 Å². The van der Waals surface area contributed by atoms with E-state index >= 15 is 0 Å². The molecule has 0 saturated carbocycles. The maximum absolute atomic E-state index is 12.5. The molecule has 0 aliphatic heterocycles. The molecule has 0 aliphatic rings. The molecule has 0 amide bonds. The third-order valence-electron chi connectivity index (χ3n) is 4.34. The molecule has 0 radical (unpaired) electrons. The van der Waals surface area contributed by atoms with Crippen molar-refractivity contribution in [1.29, 1.82) is 0 Å². The molecule has 0 spiro atoms. The minimum atomic E-state index is -3.70. The Morgan fingerprint density at radius 1 is 1.03 bits per heavy atom. The molecule has 4 aromatic rings. The summed E-state index contributed by atoms with van der Waals surface area (Å²) in [6.07, 6.45) is 3.35. The predicted octanol–water partition coefficient (Wildman–Crippen LogP) is 4.64. The molecule has 152 valence electrons. The van der Waals surface area contributed by atoms with Crippen molar-refractivity contribution in [3.8, 4) is 11.6 Å². The van der Waals surface area contributed by atoms with Crippen molar-refractivity contribution in [2.24, 2.45) is 0 Å². The van der Waals surface area contributed by atoms with Gasteiger partial charge in [0.1, 0.15) is 0 Å². The summed E-state index contributed by atoms with van der Waals surface area (Å²) in [5, 5.41) is 5.05. The molecular formula is C22H19N3O4S. The lowest BCUT2D eigenvalue weighted by Crippen LogP contribution is -2.10. The first-order valence-electron chi connectivity index (χ1n) is 9.20. The Kier molecular flexibility index (Phi) is 5.49. The van der Waals surface area contributed by atoms with Crippen LogP contribution < -0.4 is 4.72 Å². The van der Waals surface area contributed by atoms with Crippen LogP contribution in [-0.4, -0.2) is 18.6 Å².